The van der Waals surface area contributed by atoms with E-state index in [1.54, 1.807) is 6.07 Å². The van der Waals surface area contributed by atoms with Crippen molar-refractivity contribution in [2.24, 2.45) is 11.1 Å². The lowest BCUT2D eigenvalue weighted by Gasteiger charge is -2.19. The number of nitrogens with two attached hydrogens (primary N) is 1. The maximum atomic E-state index is 9.37. The molecule has 3 heteroatoms. The Morgan fingerprint density at radius 3 is 2.47 bits per heavy atom. The average Bonchev–Trinajstić information content (AvgIpc) is 2.75. The highest BCUT2D eigenvalue weighted by Gasteiger charge is 2.60. The van der Waals surface area contributed by atoms with Crippen LogP contribution in [-0.4, -0.2) is 11.7 Å². The average molecular weight is 226 g/mol. The molecule has 0 amide bonds. The molecule has 15 heavy (non-hydrogen) atoms. The van der Waals surface area contributed by atoms with Crippen molar-refractivity contribution in [2.75, 3.05) is 6.54 Å². The van der Waals surface area contributed by atoms with Crippen LogP contribution in [0.25, 0.3) is 0 Å². The third-order valence-corrected chi connectivity index (χ3v) is 4.07. The van der Waals surface area contributed by atoms with Gasteiger partial charge in [-0.3, -0.25) is 0 Å². The molecular formula is C12H16ClNO. The molecule has 2 rings (SSSR count). The molecule has 0 bridgehead atoms. The monoisotopic (exact) mass is 225 g/mol. The minimum Gasteiger partial charge on any atom is -0.506 e. The molecule has 1 aromatic rings. The molecule has 1 aromatic carbocycles. The Bertz CT molecular complexity index is 403. The first-order valence-electron chi connectivity index (χ1n) is 5.12. The zero-order chi connectivity index (χ0) is 11.3. The highest BCUT2D eigenvalue weighted by Crippen LogP contribution is 2.63. The zero-order valence-electron chi connectivity index (χ0n) is 9.05. The summed E-state index contributed by atoms with van der Waals surface area (Å²) in [6, 6.07) is 5.39. The summed E-state index contributed by atoms with van der Waals surface area (Å²) in [5.41, 5.74) is 7.28. The van der Waals surface area contributed by atoms with Crippen LogP contribution >= 0.6 is 11.6 Å². The lowest BCUT2D eigenvalue weighted by Crippen LogP contribution is -2.25. The maximum absolute atomic E-state index is 9.37. The molecule has 82 valence electrons. The second kappa shape index (κ2) is 3.13. The van der Waals surface area contributed by atoms with Crippen molar-refractivity contribution in [2.45, 2.75) is 25.7 Å². The van der Waals surface area contributed by atoms with Gasteiger partial charge in [0.05, 0.1) is 5.02 Å². The van der Waals surface area contributed by atoms with Gasteiger partial charge in [0.15, 0.2) is 0 Å². The standard InChI is InChI=1S/C12H16ClNO/c1-11(2)6-12(11,7-14)8-3-4-10(15)9(13)5-8/h3-5,15H,6-7,14H2,1-2H3. The SMILES string of the molecule is CC1(C)CC1(CN)c1ccc(O)c(Cl)c1. The Balaban J connectivity index is 2.42. The Labute approximate surface area is 95.1 Å². The van der Waals surface area contributed by atoms with E-state index in [1.165, 1.54) is 0 Å². The fraction of sp³-hybridized carbons (Fsp3) is 0.500. The third-order valence-electron chi connectivity index (χ3n) is 3.76. The topological polar surface area (TPSA) is 46.2 Å². The molecule has 1 fully saturated rings. The Morgan fingerprint density at radius 1 is 1.47 bits per heavy atom. The van der Waals surface area contributed by atoms with Gasteiger partial charge >= 0.3 is 0 Å². The van der Waals surface area contributed by atoms with Gasteiger partial charge in [-0.15, -0.1) is 0 Å². The molecule has 0 aliphatic heterocycles. The van der Waals surface area contributed by atoms with Crippen LogP contribution in [0.1, 0.15) is 25.8 Å². The van der Waals surface area contributed by atoms with E-state index in [1.807, 2.05) is 12.1 Å². The molecule has 1 saturated carbocycles. The third kappa shape index (κ3) is 1.44. The van der Waals surface area contributed by atoms with Gasteiger partial charge in [0.2, 0.25) is 0 Å². The van der Waals surface area contributed by atoms with Gasteiger partial charge in [-0.1, -0.05) is 31.5 Å². The molecule has 1 unspecified atom stereocenters. The number of phenols is 1. The molecule has 1 atom stereocenters. The van der Waals surface area contributed by atoms with E-state index in [2.05, 4.69) is 13.8 Å². The summed E-state index contributed by atoms with van der Waals surface area (Å²) in [4.78, 5) is 0. The molecule has 3 N–H and O–H groups in total. The van der Waals surface area contributed by atoms with Crippen molar-refractivity contribution >= 4 is 11.6 Å². The van der Waals surface area contributed by atoms with E-state index < -0.39 is 0 Å². The second-order valence-electron chi connectivity index (χ2n) is 5.01. The second-order valence-corrected chi connectivity index (χ2v) is 5.42. The molecule has 0 spiro atoms. The molecule has 1 aliphatic carbocycles. The first-order valence-corrected chi connectivity index (χ1v) is 5.50. The lowest BCUT2D eigenvalue weighted by molar-refractivity contribution is 0.472. The van der Waals surface area contributed by atoms with Crippen molar-refractivity contribution in [3.8, 4) is 5.75 Å². The predicted octanol–water partition coefficient (Wildman–Crippen LogP) is 2.67. The normalized spacial score (nSPS) is 27.7. The van der Waals surface area contributed by atoms with Crippen LogP contribution in [0, 0.1) is 5.41 Å². The minimum absolute atomic E-state index is 0.0460. The van der Waals surface area contributed by atoms with Gasteiger partial charge in [-0.25, -0.2) is 0 Å². The summed E-state index contributed by atoms with van der Waals surface area (Å²) >= 11 is 5.91. The van der Waals surface area contributed by atoms with E-state index in [9.17, 15) is 5.11 Å². The Hall–Kier alpha value is -0.730. The highest BCUT2D eigenvalue weighted by atomic mass is 35.5. The van der Waals surface area contributed by atoms with E-state index >= 15 is 0 Å². The summed E-state index contributed by atoms with van der Waals surface area (Å²) in [7, 11) is 0. The lowest BCUT2D eigenvalue weighted by atomic mass is 9.88. The van der Waals surface area contributed by atoms with Gasteiger partial charge in [0.25, 0.3) is 0 Å². The Morgan fingerprint density at radius 2 is 2.07 bits per heavy atom. The van der Waals surface area contributed by atoms with E-state index in [4.69, 9.17) is 17.3 Å². The van der Waals surface area contributed by atoms with Crippen LogP contribution in [0.3, 0.4) is 0 Å². The van der Waals surface area contributed by atoms with Crippen molar-refractivity contribution in [3.05, 3.63) is 28.8 Å². The molecule has 0 heterocycles. The van der Waals surface area contributed by atoms with Crippen LogP contribution < -0.4 is 5.73 Å². The molecule has 0 radical (unpaired) electrons. The number of hydrogen-bond acceptors (Lipinski definition) is 2. The fourth-order valence-corrected chi connectivity index (χ4v) is 2.65. The Kier molecular flexibility index (Phi) is 2.25. The van der Waals surface area contributed by atoms with Crippen LogP contribution in [0.15, 0.2) is 18.2 Å². The van der Waals surface area contributed by atoms with Crippen LogP contribution in [-0.2, 0) is 5.41 Å². The predicted molar refractivity (Wildman–Crippen MR) is 62.2 cm³/mol. The number of rotatable bonds is 2. The summed E-state index contributed by atoms with van der Waals surface area (Å²) in [6.07, 6.45) is 1.08. The molecular weight excluding hydrogens is 210 g/mol. The number of halogens is 1. The van der Waals surface area contributed by atoms with E-state index in [-0.39, 0.29) is 16.6 Å². The van der Waals surface area contributed by atoms with Gasteiger partial charge < -0.3 is 10.8 Å². The van der Waals surface area contributed by atoms with E-state index in [0.717, 1.165) is 12.0 Å². The van der Waals surface area contributed by atoms with Gasteiger partial charge in [0.1, 0.15) is 5.75 Å². The first kappa shape index (κ1) is 10.8. The zero-order valence-corrected chi connectivity index (χ0v) is 9.80. The molecule has 0 aromatic heterocycles. The molecule has 2 nitrogen and oxygen atoms in total. The fourth-order valence-electron chi connectivity index (χ4n) is 2.47. The summed E-state index contributed by atoms with van der Waals surface area (Å²) < 4.78 is 0. The summed E-state index contributed by atoms with van der Waals surface area (Å²) in [6.45, 7) is 5.04. The first-order chi connectivity index (χ1) is 6.93. The summed E-state index contributed by atoms with van der Waals surface area (Å²) in [5.74, 6) is 0.131. The quantitative estimate of drug-likeness (QED) is 0.813. The minimum atomic E-state index is 0.0460. The van der Waals surface area contributed by atoms with Crippen molar-refractivity contribution in [1.29, 1.82) is 0 Å². The van der Waals surface area contributed by atoms with Crippen LogP contribution in [0.4, 0.5) is 0 Å². The van der Waals surface area contributed by atoms with Crippen LogP contribution in [0.2, 0.25) is 5.02 Å². The van der Waals surface area contributed by atoms with Crippen molar-refractivity contribution < 1.29 is 5.11 Å². The number of hydrogen-bond donors (Lipinski definition) is 2. The van der Waals surface area contributed by atoms with Crippen molar-refractivity contribution in [1.82, 2.24) is 0 Å². The van der Waals surface area contributed by atoms with Crippen LogP contribution in [0.5, 0.6) is 5.75 Å². The largest absolute Gasteiger partial charge is 0.506 e. The van der Waals surface area contributed by atoms with Gasteiger partial charge in [0, 0.05) is 12.0 Å². The molecule has 1 aliphatic rings. The van der Waals surface area contributed by atoms with E-state index in [0.29, 0.717) is 11.6 Å². The van der Waals surface area contributed by atoms with Gasteiger partial charge in [-0.05, 0) is 29.5 Å². The van der Waals surface area contributed by atoms with Gasteiger partial charge in [-0.2, -0.15) is 0 Å². The number of aromatic hydroxyl groups is 1. The molecule has 0 saturated heterocycles. The number of phenolic OH excluding ortho intramolecular Hbond substituents is 1. The smallest absolute Gasteiger partial charge is 0.134 e. The highest BCUT2D eigenvalue weighted by molar-refractivity contribution is 6.32. The summed E-state index contributed by atoms with van der Waals surface area (Å²) in [5, 5.41) is 9.78. The maximum Gasteiger partial charge on any atom is 0.134 e. The number of benzene rings is 1. The van der Waals surface area contributed by atoms with Crippen molar-refractivity contribution in [3.63, 3.8) is 0 Å².